The minimum absolute atomic E-state index is 0.683. The van der Waals surface area contributed by atoms with Crippen LogP contribution in [0.1, 0.15) is 5.56 Å². The Morgan fingerprint density at radius 2 is 1.76 bits per heavy atom. The number of rotatable bonds is 4. The van der Waals surface area contributed by atoms with Gasteiger partial charge < -0.3 is 0 Å². The lowest BCUT2D eigenvalue weighted by Gasteiger charge is -1.95. The first kappa shape index (κ1) is 13.6. The Morgan fingerprint density at radius 1 is 1.00 bits per heavy atom. The van der Waals surface area contributed by atoms with E-state index < -0.39 is 0 Å². The maximum Gasteiger partial charge on any atom is 0.113 e. The van der Waals surface area contributed by atoms with Gasteiger partial charge in [0, 0.05) is 10.6 Å². The second-order valence-corrected chi connectivity index (χ2v) is 5.08. The highest BCUT2D eigenvalue weighted by Crippen LogP contribution is 2.15. The van der Waals surface area contributed by atoms with Gasteiger partial charge in [-0.2, -0.15) is 0 Å². The summed E-state index contributed by atoms with van der Waals surface area (Å²) in [7, 11) is 0. The molecule has 21 heavy (non-hydrogen) atoms. The lowest BCUT2D eigenvalue weighted by Crippen LogP contribution is -1.95. The van der Waals surface area contributed by atoms with E-state index in [9.17, 15) is 0 Å². The van der Waals surface area contributed by atoms with Gasteiger partial charge in [0.05, 0.1) is 12.7 Å². The molecule has 2 aromatic carbocycles. The number of hydrogen-bond acceptors (Lipinski definition) is 2. The van der Waals surface area contributed by atoms with Gasteiger partial charge in [0.2, 0.25) is 0 Å². The van der Waals surface area contributed by atoms with E-state index in [-0.39, 0.29) is 0 Å². The minimum atomic E-state index is 0.683. The van der Waals surface area contributed by atoms with E-state index in [2.05, 4.69) is 10.3 Å². The maximum atomic E-state index is 5.86. The molecule has 0 saturated heterocycles. The normalized spacial score (nSPS) is 11.1. The molecule has 1 heterocycles. The van der Waals surface area contributed by atoms with E-state index in [1.807, 2.05) is 77.6 Å². The largest absolute Gasteiger partial charge is 0.248 e. The fourth-order valence-electron chi connectivity index (χ4n) is 2.00. The molecule has 0 unspecified atom stereocenters. The molecule has 0 saturated carbocycles. The van der Waals surface area contributed by atoms with Crippen molar-refractivity contribution in [2.75, 3.05) is 0 Å². The van der Waals surface area contributed by atoms with Crippen molar-refractivity contribution >= 4 is 17.7 Å². The molecule has 1 aromatic heterocycles. The lowest BCUT2D eigenvalue weighted by molar-refractivity contribution is 0.663. The van der Waals surface area contributed by atoms with Crippen molar-refractivity contribution in [3.8, 4) is 11.3 Å². The number of hydrogen-bond donors (Lipinski definition) is 0. The van der Waals surface area contributed by atoms with Crippen LogP contribution in [-0.4, -0.2) is 15.0 Å². The van der Waals surface area contributed by atoms with Crippen LogP contribution in [0.5, 0.6) is 0 Å². The molecule has 0 spiro atoms. The summed E-state index contributed by atoms with van der Waals surface area (Å²) in [6.45, 7) is 0.683. The van der Waals surface area contributed by atoms with Crippen molar-refractivity contribution in [3.63, 3.8) is 0 Å². The second kappa shape index (κ2) is 6.37. The van der Waals surface area contributed by atoms with Gasteiger partial charge in [0.25, 0.3) is 0 Å². The van der Waals surface area contributed by atoms with E-state index in [1.165, 1.54) is 0 Å². The highest BCUT2D eigenvalue weighted by molar-refractivity contribution is 6.30. The molecule has 3 aromatic rings. The third-order valence-corrected chi connectivity index (χ3v) is 3.33. The quantitative estimate of drug-likeness (QED) is 0.718. The van der Waals surface area contributed by atoms with E-state index in [4.69, 9.17) is 11.6 Å². The molecular formula is C17H14ClN3. The molecule has 0 aliphatic carbocycles. The van der Waals surface area contributed by atoms with Crippen LogP contribution >= 0.6 is 11.6 Å². The third kappa shape index (κ3) is 3.58. The summed E-state index contributed by atoms with van der Waals surface area (Å²) < 4.78 is 1.81. The highest BCUT2D eigenvalue weighted by Gasteiger charge is 2.01. The molecule has 0 aliphatic heterocycles. The molecule has 4 heteroatoms. The van der Waals surface area contributed by atoms with Crippen molar-refractivity contribution in [1.82, 2.24) is 15.0 Å². The van der Waals surface area contributed by atoms with Gasteiger partial charge in [-0.05, 0) is 17.7 Å². The molecule has 0 atom stereocenters. The zero-order valence-electron chi connectivity index (χ0n) is 11.4. The monoisotopic (exact) mass is 295 g/mol. The van der Waals surface area contributed by atoms with Crippen LogP contribution in [0.3, 0.4) is 0 Å². The summed E-state index contributed by atoms with van der Waals surface area (Å²) in [4.78, 5) is 0. The van der Waals surface area contributed by atoms with E-state index in [1.54, 1.807) is 0 Å². The summed E-state index contributed by atoms with van der Waals surface area (Å²) in [5, 5.41) is 9.06. The Kier molecular flexibility index (Phi) is 4.12. The fourth-order valence-corrected chi connectivity index (χ4v) is 2.13. The molecule has 0 N–H and O–H groups in total. The SMILES string of the molecule is Clc1ccc(/C=C/Cn2cc(-c3ccccc3)nn2)cc1. The first-order valence-corrected chi connectivity index (χ1v) is 7.07. The summed E-state index contributed by atoms with van der Waals surface area (Å²) in [5.74, 6) is 0. The van der Waals surface area contributed by atoms with Crippen molar-refractivity contribution in [2.45, 2.75) is 6.54 Å². The van der Waals surface area contributed by atoms with Crippen LogP contribution in [0, 0.1) is 0 Å². The average Bonchev–Trinajstić information content (AvgIpc) is 2.99. The number of aromatic nitrogens is 3. The van der Waals surface area contributed by atoms with E-state index in [0.717, 1.165) is 21.8 Å². The van der Waals surface area contributed by atoms with Gasteiger partial charge in [-0.15, -0.1) is 5.10 Å². The molecule has 3 nitrogen and oxygen atoms in total. The van der Waals surface area contributed by atoms with E-state index in [0.29, 0.717) is 6.54 Å². The zero-order chi connectivity index (χ0) is 14.5. The third-order valence-electron chi connectivity index (χ3n) is 3.08. The number of halogens is 1. The van der Waals surface area contributed by atoms with Crippen molar-refractivity contribution < 1.29 is 0 Å². The fraction of sp³-hybridized carbons (Fsp3) is 0.0588. The summed E-state index contributed by atoms with van der Waals surface area (Å²) in [6, 6.07) is 17.8. The number of nitrogens with zero attached hydrogens (tertiary/aromatic N) is 3. The van der Waals surface area contributed by atoms with Gasteiger partial charge in [-0.1, -0.05) is 71.4 Å². The Morgan fingerprint density at radius 3 is 2.52 bits per heavy atom. The summed E-state index contributed by atoms with van der Waals surface area (Å²) in [6.07, 6.45) is 6.04. The minimum Gasteiger partial charge on any atom is -0.248 e. The topological polar surface area (TPSA) is 30.7 Å². The first-order valence-electron chi connectivity index (χ1n) is 6.69. The van der Waals surface area contributed by atoms with Crippen molar-refractivity contribution in [2.24, 2.45) is 0 Å². The van der Waals surface area contributed by atoms with Crippen LogP contribution in [0.4, 0.5) is 0 Å². The summed E-state index contributed by atoms with van der Waals surface area (Å²) >= 11 is 5.86. The van der Waals surface area contributed by atoms with Gasteiger partial charge in [0.1, 0.15) is 5.69 Å². The molecule has 104 valence electrons. The second-order valence-electron chi connectivity index (χ2n) is 4.65. The van der Waals surface area contributed by atoms with Crippen LogP contribution in [0.2, 0.25) is 5.02 Å². The number of benzene rings is 2. The van der Waals surface area contributed by atoms with Gasteiger partial charge in [-0.3, -0.25) is 0 Å². The predicted molar refractivity (Wildman–Crippen MR) is 85.9 cm³/mol. The molecular weight excluding hydrogens is 282 g/mol. The molecule has 3 rings (SSSR count). The van der Waals surface area contributed by atoms with E-state index >= 15 is 0 Å². The molecule has 0 aliphatic rings. The van der Waals surface area contributed by atoms with Crippen LogP contribution in [0.25, 0.3) is 17.3 Å². The Labute approximate surface area is 128 Å². The van der Waals surface area contributed by atoms with Crippen LogP contribution < -0.4 is 0 Å². The Hall–Kier alpha value is -2.39. The molecule has 0 fully saturated rings. The standard InChI is InChI=1S/C17H14ClN3/c18-16-10-8-14(9-11-16)5-4-12-21-13-17(19-20-21)15-6-2-1-3-7-15/h1-11,13H,12H2/b5-4+. The number of allylic oxidation sites excluding steroid dienone is 1. The summed E-state index contributed by atoms with van der Waals surface area (Å²) in [5.41, 5.74) is 3.07. The van der Waals surface area contributed by atoms with Crippen molar-refractivity contribution in [3.05, 3.63) is 77.5 Å². The first-order chi connectivity index (χ1) is 10.3. The highest BCUT2D eigenvalue weighted by atomic mass is 35.5. The molecule has 0 bridgehead atoms. The predicted octanol–water partition coefficient (Wildman–Crippen LogP) is 4.31. The molecule has 0 amide bonds. The van der Waals surface area contributed by atoms with Gasteiger partial charge in [-0.25, -0.2) is 4.68 Å². The van der Waals surface area contributed by atoms with Crippen LogP contribution in [0.15, 0.2) is 66.9 Å². The van der Waals surface area contributed by atoms with Gasteiger partial charge >= 0.3 is 0 Å². The zero-order valence-corrected chi connectivity index (χ0v) is 12.1. The Balaban J connectivity index is 1.66. The average molecular weight is 296 g/mol. The maximum absolute atomic E-state index is 5.86. The lowest BCUT2D eigenvalue weighted by atomic mass is 10.2. The van der Waals surface area contributed by atoms with Gasteiger partial charge in [0.15, 0.2) is 0 Å². The van der Waals surface area contributed by atoms with Crippen molar-refractivity contribution in [1.29, 1.82) is 0 Å². The molecule has 0 radical (unpaired) electrons. The Bertz CT molecular complexity index is 730. The van der Waals surface area contributed by atoms with Crippen LogP contribution in [-0.2, 0) is 6.54 Å². The smallest absolute Gasteiger partial charge is 0.113 e.